The Morgan fingerprint density at radius 3 is 2.83 bits per heavy atom. The summed E-state index contributed by atoms with van der Waals surface area (Å²) in [7, 11) is 1.87. The molecule has 3 rings (SSSR count). The average Bonchev–Trinajstić information content (AvgIpc) is 2.41. The summed E-state index contributed by atoms with van der Waals surface area (Å²) in [5.74, 6) is 0.199. The van der Waals surface area contributed by atoms with Crippen LogP contribution in [0.4, 0.5) is 0 Å². The second-order valence-electron chi connectivity index (χ2n) is 5.49. The van der Waals surface area contributed by atoms with E-state index < -0.39 is 5.41 Å². The van der Waals surface area contributed by atoms with Crippen molar-refractivity contribution in [3.63, 3.8) is 0 Å². The molecular formula is C14H17ClN2O. The summed E-state index contributed by atoms with van der Waals surface area (Å²) < 4.78 is 0. The van der Waals surface area contributed by atoms with Gasteiger partial charge in [0.1, 0.15) is 0 Å². The molecule has 3 nitrogen and oxygen atoms in total. The zero-order valence-corrected chi connectivity index (χ0v) is 11.2. The Bertz CT molecular complexity index is 509. The summed E-state index contributed by atoms with van der Waals surface area (Å²) in [6, 6.07) is 6.02. The molecule has 1 aromatic carbocycles. The summed E-state index contributed by atoms with van der Waals surface area (Å²) in [6.45, 7) is 0.729. The van der Waals surface area contributed by atoms with E-state index in [1.165, 1.54) is 0 Å². The molecule has 96 valence electrons. The van der Waals surface area contributed by atoms with Crippen LogP contribution in [0.15, 0.2) is 18.2 Å². The topological polar surface area (TPSA) is 46.3 Å². The summed E-state index contributed by atoms with van der Waals surface area (Å²) in [4.78, 5) is 14.4. The minimum absolute atomic E-state index is 0.132. The number of hydrogen-bond donors (Lipinski definition) is 1. The van der Waals surface area contributed by atoms with E-state index in [2.05, 4.69) is 0 Å². The number of fused-ring (bicyclic) bond motifs is 2. The van der Waals surface area contributed by atoms with E-state index in [0.29, 0.717) is 0 Å². The third kappa shape index (κ3) is 1.50. The van der Waals surface area contributed by atoms with E-state index in [0.717, 1.165) is 42.0 Å². The zero-order valence-electron chi connectivity index (χ0n) is 10.4. The fraction of sp³-hybridized carbons (Fsp3) is 0.500. The van der Waals surface area contributed by atoms with Crippen molar-refractivity contribution in [1.82, 2.24) is 4.90 Å². The van der Waals surface area contributed by atoms with Crippen molar-refractivity contribution >= 4 is 17.5 Å². The Hall–Kier alpha value is -1.06. The Morgan fingerprint density at radius 2 is 2.17 bits per heavy atom. The quantitative estimate of drug-likeness (QED) is 0.776. The van der Waals surface area contributed by atoms with Crippen LogP contribution in [-0.2, 0) is 16.6 Å². The Kier molecular flexibility index (Phi) is 2.65. The van der Waals surface area contributed by atoms with Gasteiger partial charge in [-0.25, -0.2) is 0 Å². The highest BCUT2D eigenvalue weighted by Gasteiger charge is 2.53. The van der Waals surface area contributed by atoms with Crippen LogP contribution in [-0.4, -0.2) is 30.4 Å². The molecule has 1 saturated carbocycles. The number of benzene rings is 1. The lowest BCUT2D eigenvalue weighted by Gasteiger charge is -2.46. The molecule has 18 heavy (non-hydrogen) atoms. The first-order valence-electron chi connectivity index (χ1n) is 6.33. The molecular weight excluding hydrogens is 248 g/mol. The average molecular weight is 265 g/mol. The van der Waals surface area contributed by atoms with Crippen LogP contribution in [0.25, 0.3) is 0 Å². The molecule has 1 spiro atoms. The standard InChI is InChI=1S/C14H17ClN2O/c1-17-6-5-10-11(3-2-4-12(10)15)14(13(17)18)7-9(16)8-14/h2-4,9H,5-8,16H2,1H3/t9-,14-. The van der Waals surface area contributed by atoms with Crippen molar-refractivity contribution in [1.29, 1.82) is 0 Å². The van der Waals surface area contributed by atoms with Crippen LogP contribution in [0, 0.1) is 0 Å². The number of halogens is 1. The molecule has 1 heterocycles. The number of carbonyl (C=O) groups is 1. The van der Waals surface area contributed by atoms with E-state index in [4.69, 9.17) is 17.3 Å². The predicted molar refractivity (Wildman–Crippen MR) is 71.7 cm³/mol. The highest BCUT2D eigenvalue weighted by molar-refractivity contribution is 6.31. The third-order valence-corrected chi connectivity index (χ3v) is 4.66. The number of nitrogens with two attached hydrogens (primary N) is 1. The second-order valence-corrected chi connectivity index (χ2v) is 5.90. The smallest absolute Gasteiger partial charge is 0.233 e. The number of rotatable bonds is 0. The van der Waals surface area contributed by atoms with Gasteiger partial charge in [0.15, 0.2) is 0 Å². The van der Waals surface area contributed by atoms with Crippen LogP contribution in [0.5, 0.6) is 0 Å². The molecule has 4 heteroatoms. The number of likely N-dealkylation sites (N-methyl/N-ethyl adjacent to an activating group) is 1. The lowest BCUT2D eigenvalue weighted by Crippen LogP contribution is -2.57. The molecule has 1 aliphatic heterocycles. The number of amides is 1. The number of carbonyl (C=O) groups excluding carboxylic acids is 1. The molecule has 1 aliphatic carbocycles. The van der Waals surface area contributed by atoms with Crippen molar-refractivity contribution in [3.05, 3.63) is 34.3 Å². The van der Waals surface area contributed by atoms with E-state index in [-0.39, 0.29) is 11.9 Å². The van der Waals surface area contributed by atoms with Gasteiger partial charge in [-0.05, 0) is 36.5 Å². The first kappa shape index (κ1) is 12.0. The minimum atomic E-state index is -0.412. The van der Waals surface area contributed by atoms with Crippen molar-refractivity contribution < 1.29 is 4.79 Å². The number of nitrogens with zero attached hydrogens (tertiary/aromatic N) is 1. The molecule has 1 aromatic rings. The van der Waals surface area contributed by atoms with E-state index in [1.807, 2.05) is 30.1 Å². The lowest BCUT2D eigenvalue weighted by atomic mass is 9.60. The Morgan fingerprint density at radius 1 is 1.44 bits per heavy atom. The molecule has 0 radical (unpaired) electrons. The van der Waals surface area contributed by atoms with Crippen LogP contribution in [0.3, 0.4) is 0 Å². The summed E-state index contributed by atoms with van der Waals surface area (Å²) in [5, 5.41) is 0.774. The highest BCUT2D eigenvalue weighted by atomic mass is 35.5. The third-order valence-electron chi connectivity index (χ3n) is 4.31. The van der Waals surface area contributed by atoms with Crippen LogP contribution >= 0.6 is 11.6 Å². The van der Waals surface area contributed by atoms with E-state index in [9.17, 15) is 4.79 Å². The lowest BCUT2D eigenvalue weighted by molar-refractivity contribution is -0.139. The number of hydrogen-bond acceptors (Lipinski definition) is 2. The monoisotopic (exact) mass is 264 g/mol. The molecule has 0 aromatic heterocycles. The van der Waals surface area contributed by atoms with Gasteiger partial charge in [-0.3, -0.25) is 4.79 Å². The fourth-order valence-corrected chi connectivity index (χ4v) is 3.62. The summed E-state index contributed by atoms with van der Waals surface area (Å²) in [6.07, 6.45) is 2.31. The van der Waals surface area contributed by atoms with Crippen molar-refractivity contribution in [2.24, 2.45) is 5.73 Å². The minimum Gasteiger partial charge on any atom is -0.345 e. The normalized spacial score (nSPS) is 30.9. The molecule has 0 bridgehead atoms. The van der Waals surface area contributed by atoms with Gasteiger partial charge in [0.2, 0.25) is 5.91 Å². The van der Waals surface area contributed by atoms with Crippen molar-refractivity contribution in [3.8, 4) is 0 Å². The van der Waals surface area contributed by atoms with Crippen molar-refractivity contribution in [2.75, 3.05) is 13.6 Å². The first-order chi connectivity index (χ1) is 8.54. The van der Waals surface area contributed by atoms with Gasteiger partial charge in [-0.2, -0.15) is 0 Å². The zero-order chi connectivity index (χ0) is 12.9. The Labute approximate surface area is 112 Å². The highest BCUT2D eigenvalue weighted by Crippen LogP contribution is 2.48. The first-order valence-corrected chi connectivity index (χ1v) is 6.71. The molecule has 1 fully saturated rings. The largest absolute Gasteiger partial charge is 0.345 e. The molecule has 0 saturated heterocycles. The SMILES string of the molecule is CN1CCc2c(Cl)cccc2[C@]2(C[C@@H](N)C2)C1=O. The van der Waals surface area contributed by atoms with Gasteiger partial charge < -0.3 is 10.6 Å². The molecule has 2 aliphatic rings. The van der Waals surface area contributed by atoms with Gasteiger partial charge in [0, 0.05) is 24.7 Å². The van der Waals surface area contributed by atoms with Gasteiger partial charge in [0.05, 0.1) is 5.41 Å². The maximum absolute atomic E-state index is 12.6. The van der Waals surface area contributed by atoms with Gasteiger partial charge in [-0.15, -0.1) is 0 Å². The van der Waals surface area contributed by atoms with Crippen LogP contribution < -0.4 is 5.73 Å². The summed E-state index contributed by atoms with van der Waals surface area (Å²) >= 11 is 6.29. The maximum Gasteiger partial charge on any atom is 0.233 e. The van der Waals surface area contributed by atoms with E-state index in [1.54, 1.807) is 0 Å². The van der Waals surface area contributed by atoms with Gasteiger partial charge in [0.25, 0.3) is 0 Å². The van der Waals surface area contributed by atoms with Gasteiger partial charge >= 0.3 is 0 Å². The summed E-state index contributed by atoms with van der Waals surface area (Å²) in [5.41, 5.74) is 7.75. The van der Waals surface area contributed by atoms with Crippen molar-refractivity contribution in [2.45, 2.75) is 30.7 Å². The molecule has 2 N–H and O–H groups in total. The maximum atomic E-state index is 12.6. The van der Waals surface area contributed by atoms with Crippen LogP contribution in [0.2, 0.25) is 5.02 Å². The molecule has 1 amide bonds. The second kappa shape index (κ2) is 3.97. The van der Waals surface area contributed by atoms with Gasteiger partial charge in [-0.1, -0.05) is 23.7 Å². The predicted octanol–water partition coefficient (Wildman–Crippen LogP) is 1.71. The fourth-order valence-electron chi connectivity index (χ4n) is 3.35. The molecule has 0 atom stereocenters. The van der Waals surface area contributed by atoms with Crippen LogP contribution in [0.1, 0.15) is 24.0 Å². The molecule has 0 unspecified atom stereocenters. The van der Waals surface area contributed by atoms with E-state index >= 15 is 0 Å². The Balaban J connectivity index is 2.17.